The Kier molecular flexibility index (Phi) is 6.70. The first-order valence-corrected chi connectivity index (χ1v) is 10.5. The minimum Gasteiger partial charge on any atom is -0.460 e. The highest BCUT2D eigenvalue weighted by atomic mass is 19.1. The summed E-state index contributed by atoms with van der Waals surface area (Å²) in [6.07, 6.45) is 1.93. The minimum atomic E-state index is -1.18. The number of aliphatic hydroxyl groups excluding tert-OH is 1. The smallest absolute Gasteiger partial charge is 0.309 e. The van der Waals surface area contributed by atoms with E-state index < -0.39 is 35.3 Å². The van der Waals surface area contributed by atoms with E-state index in [9.17, 15) is 24.2 Å². The van der Waals surface area contributed by atoms with Crippen molar-refractivity contribution in [2.75, 3.05) is 23.3 Å². The van der Waals surface area contributed by atoms with Crippen LogP contribution >= 0.6 is 0 Å². The van der Waals surface area contributed by atoms with Gasteiger partial charge in [0, 0.05) is 19.2 Å². The van der Waals surface area contributed by atoms with Crippen LogP contribution in [0.4, 0.5) is 15.9 Å². The van der Waals surface area contributed by atoms with Gasteiger partial charge in [-0.2, -0.15) is 0 Å². The van der Waals surface area contributed by atoms with Gasteiger partial charge in [0.2, 0.25) is 5.91 Å². The average molecular weight is 439 g/mol. The largest absolute Gasteiger partial charge is 0.460 e. The second-order valence-electron chi connectivity index (χ2n) is 9.30. The first kappa shape index (κ1) is 23.2. The van der Waals surface area contributed by atoms with Gasteiger partial charge in [-0.05, 0) is 46.5 Å². The van der Waals surface area contributed by atoms with Gasteiger partial charge in [0.1, 0.15) is 17.9 Å². The van der Waals surface area contributed by atoms with Crippen LogP contribution in [0.2, 0.25) is 0 Å². The lowest BCUT2D eigenvalue weighted by atomic mass is 9.88. The van der Waals surface area contributed by atoms with Crippen LogP contribution in [0.25, 0.3) is 0 Å². The second-order valence-corrected chi connectivity index (χ2v) is 9.30. The summed E-state index contributed by atoms with van der Waals surface area (Å²) < 4.78 is 20.0. The number of esters is 1. The molecule has 2 fully saturated rings. The van der Waals surface area contributed by atoms with Crippen LogP contribution in [0.1, 0.15) is 52.9 Å². The molecule has 9 nitrogen and oxygen atoms in total. The van der Waals surface area contributed by atoms with E-state index in [1.54, 1.807) is 25.7 Å². The highest BCUT2D eigenvalue weighted by molar-refractivity contribution is 5.85. The Morgan fingerprint density at radius 3 is 2.65 bits per heavy atom. The molecule has 0 aliphatic carbocycles. The normalized spacial score (nSPS) is 23.8. The van der Waals surface area contributed by atoms with E-state index in [0.717, 1.165) is 0 Å². The van der Waals surface area contributed by atoms with Crippen molar-refractivity contribution in [3.63, 3.8) is 0 Å². The van der Waals surface area contributed by atoms with Crippen LogP contribution in [-0.4, -0.2) is 63.6 Å². The molecular formula is C21H31FN4O5. The van der Waals surface area contributed by atoms with E-state index in [-0.39, 0.29) is 31.0 Å². The lowest BCUT2D eigenvalue weighted by molar-refractivity contribution is -0.161. The maximum absolute atomic E-state index is 14.7. The summed E-state index contributed by atoms with van der Waals surface area (Å²) in [7, 11) is 0. The molecule has 172 valence electrons. The summed E-state index contributed by atoms with van der Waals surface area (Å²) in [4.78, 5) is 29.9. The Bertz CT molecular complexity index is 820. The Hall–Kier alpha value is -2.46. The highest BCUT2D eigenvalue weighted by Gasteiger charge is 2.37. The molecule has 3 rings (SSSR count). The molecule has 2 aliphatic heterocycles. The molecule has 0 saturated carbocycles. The number of carbonyl (C=O) groups excluding carboxylic acids is 2. The van der Waals surface area contributed by atoms with E-state index in [4.69, 9.17) is 4.74 Å². The van der Waals surface area contributed by atoms with Crippen LogP contribution in [0.5, 0.6) is 0 Å². The van der Waals surface area contributed by atoms with Crippen molar-refractivity contribution in [1.29, 1.82) is 0 Å². The predicted molar refractivity (Wildman–Crippen MR) is 112 cm³/mol. The first-order valence-electron chi connectivity index (χ1n) is 10.5. The minimum absolute atomic E-state index is 0.102. The predicted octanol–water partition coefficient (Wildman–Crippen LogP) is 1.29. The Labute approximate surface area is 181 Å². The van der Waals surface area contributed by atoms with Crippen molar-refractivity contribution in [3.05, 3.63) is 18.1 Å². The molecule has 1 aromatic heterocycles. The number of aromatic nitrogens is 1. The fourth-order valence-corrected chi connectivity index (χ4v) is 3.83. The summed E-state index contributed by atoms with van der Waals surface area (Å²) in [5.41, 5.74) is -1.43. The van der Waals surface area contributed by atoms with Crippen molar-refractivity contribution in [1.82, 2.24) is 10.3 Å². The molecule has 2 unspecified atom stereocenters. The fourth-order valence-electron chi connectivity index (χ4n) is 3.83. The van der Waals surface area contributed by atoms with Crippen LogP contribution in [0, 0.1) is 5.82 Å². The topological polar surface area (TPSA) is 124 Å². The molecule has 0 aromatic carbocycles. The third-order valence-corrected chi connectivity index (χ3v) is 5.40. The molecule has 2 aliphatic rings. The molecule has 4 N–H and O–H groups in total. The molecule has 3 heterocycles. The maximum Gasteiger partial charge on any atom is 0.309 e. The van der Waals surface area contributed by atoms with Crippen LogP contribution in [-0.2, 0) is 14.3 Å². The van der Waals surface area contributed by atoms with Gasteiger partial charge in [-0.15, -0.1) is 0 Å². The molecule has 0 spiro atoms. The van der Waals surface area contributed by atoms with Gasteiger partial charge < -0.3 is 30.5 Å². The first-order chi connectivity index (χ1) is 14.4. The maximum atomic E-state index is 14.7. The molecule has 0 radical (unpaired) electrons. The zero-order valence-corrected chi connectivity index (χ0v) is 18.2. The number of carbonyl (C=O) groups is 2. The van der Waals surface area contributed by atoms with Crippen molar-refractivity contribution in [2.45, 2.75) is 76.3 Å². The number of amides is 1. The quantitative estimate of drug-likeness (QED) is 0.507. The van der Waals surface area contributed by atoms with Gasteiger partial charge in [0.25, 0.3) is 0 Å². The molecular weight excluding hydrogens is 407 g/mol. The molecule has 10 heteroatoms. The van der Waals surface area contributed by atoms with E-state index in [1.165, 1.54) is 12.3 Å². The number of pyridine rings is 1. The summed E-state index contributed by atoms with van der Waals surface area (Å²) in [6, 6.07) is 0.718. The standard InChI is InChI=1S/C21H31FN4O5/c1-20(2,3)31-17(28)11-21(30)6-8-26(9-7-21)18-14(22)10-13(12-23-18)24-15-4-5-16(27)25-19(15)29/h10,12,15-16,24,27,30H,4-9,11H2,1-3H3,(H,25,29). The second kappa shape index (κ2) is 8.96. The number of nitrogens with one attached hydrogen (secondary N) is 2. The number of piperidine rings is 2. The number of halogens is 1. The monoisotopic (exact) mass is 438 g/mol. The number of ether oxygens (including phenoxy) is 1. The van der Waals surface area contributed by atoms with E-state index in [0.29, 0.717) is 31.6 Å². The lowest BCUT2D eigenvalue weighted by Gasteiger charge is -2.38. The third kappa shape index (κ3) is 6.27. The van der Waals surface area contributed by atoms with Crippen LogP contribution < -0.4 is 15.5 Å². The zero-order chi connectivity index (χ0) is 22.8. The fraction of sp³-hybridized carbons (Fsp3) is 0.667. The molecule has 31 heavy (non-hydrogen) atoms. The van der Waals surface area contributed by atoms with Gasteiger partial charge in [-0.25, -0.2) is 9.37 Å². The Morgan fingerprint density at radius 2 is 2.06 bits per heavy atom. The molecule has 0 bridgehead atoms. The van der Waals surface area contributed by atoms with E-state index in [2.05, 4.69) is 15.6 Å². The van der Waals surface area contributed by atoms with Crippen LogP contribution in [0.15, 0.2) is 12.3 Å². The van der Waals surface area contributed by atoms with Crippen molar-refractivity contribution < 1.29 is 28.9 Å². The molecule has 1 aromatic rings. The molecule has 2 atom stereocenters. The summed E-state index contributed by atoms with van der Waals surface area (Å²) >= 11 is 0. The number of hydrogen-bond donors (Lipinski definition) is 4. The Morgan fingerprint density at radius 1 is 1.39 bits per heavy atom. The van der Waals surface area contributed by atoms with Gasteiger partial charge in [-0.1, -0.05) is 0 Å². The number of anilines is 2. The van der Waals surface area contributed by atoms with Gasteiger partial charge >= 0.3 is 5.97 Å². The SMILES string of the molecule is CC(C)(C)OC(=O)CC1(O)CCN(c2ncc(NC3CCC(O)NC3=O)cc2F)CC1. The van der Waals surface area contributed by atoms with Gasteiger partial charge in [-0.3, -0.25) is 9.59 Å². The summed E-state index contributed by atoms with van der Waals surface area (Å²) in [5.74, 6) is -1.18. The Balaban J connectivity index is 1.57. The number of aliphatic hydroxyl groups is 2. The lowest BCUT2D eigenvalue weighted by Crippen LogP contribution is -2.49. The van der Waals surface area contributed by atoms with E-state index in [1.807, 2.05) is 0 Å². The molecule has 1 amide bonds. The highest BCUT2D eigenvalue weighted by Crippen LogP contribution is 2.31. The van der Waals surface area contributed by atoms with Crippen molar-refractivity contribution in [3.8, 4) is 0 Å². The van der Waals surface area contributed by atoms with Crippen molar-refractivity contribution >= 4 is 23.4 Å². The number of hydrogen-bond acceptors (Lipinski definition) is 8. The third-order valence-electron chi connectivity index (χ3n) is 5.40. The number of nitrogens with zero attached hydrogens (tertiary/aromatic N) is 2. The zero-order valence-electron chi connectivity index (χ0n) is 18.2. The average Bonchev–Trinajstić information content (AvgIpc) is 2.63. The van der Waals surface area contributed by atoms with Crippen LogP contribution in [0.3, 0.4) is 0 Å². The van der Waals surface area contributed by atoms with E-state index >= 15 is 0 Å². The van der Waals surface area contributed by atoms with Crippen molar-refractivity contribution in [2.24, 2.45) is 0 Å². The number of rotatable bonds is 5. The van der Waals surface area contributed by atoms with Gasteiger partial charge in [0.15, 0.2) is 11.6 Å². The summed E-state index contributed by atoms with van der Waals surface area (Å²) in [6.45, 7) is 6.01. The van der Waals surface area contributed by atoms with Gasteiger partial charge in [0.05, 0.1) is 23.9 Å². The molecule has 2 saturated heterocycles. The summed E-state index contributed by atoms with van der Waals surface area (Å²) in [5, 5.41) is 25.6.